The molecule has 2 aromatic heterocycles. The molecular weight excluding hydrogens is 417 g/mol. The highest BCUT2D eigenvalue weighted by Crippen LogP contribution is 2.33. The number of amides is 1. The third kappa shape index (κ3) is 4.51. The largest absolute Gasteiger partial charge is 0.343 e. The number of hydrogen-bond donors (Lipinski definition) is 0. The molecular formula is C26H32FN5O. The van der Waals surface area contributed by atoms with Crippen molar-refractivity contribution in [2.75, 3.05) is 19.6 Å². The van der Waals surface area contributed by atoms with E-state index < -0.39 is 0 Å². The van der Waals surface area contributed by atoms with E-state index in [-0.39, 0.29) is 17.8 Å². The second kappa shape index (κ2) is 9.21. The Morgan fingerprint density at radius 1 is 1.12 bits per heavy atom. The van der Waals surface area contributed by atoms with Crippen molar-refractivity contribution in [1.82, 2.24) is 24.4 Å². The molecule has 0 aliphatic carbocycles. The summed E-state index contributed by atoms with van der Waals surface area (Å²) >= 11 is 0. The summed E-state index contributed by atoms with van der Waals surface area (Å²) in [5.41, 5.74) is 6.02. The Hall–Kier alpha value is -2.80. The quantitative estimate of drug-likeness (QED) is 0.561. The van der Waals surface area contributed by atoms with Crippen molar-refractivity contribution in [2.45, 2.75) is 65.0 Å². The van der Waals surface area contributed by atoms with Crippen LogP contribution in [0.5, 0.6) is 0 Å². The van der Waals surface area contributed by atoms with E-state index in [4.69, 9.17) is 10.1 Å². The number of carbonyl (C=O) groups excluding carboxylic acids is 1. The number of hydrogen-bond acceptors (Lipinski definition) is 4. The molecule has 4 heterocycles. The van der Waals surface area contributed by atoms with Gasteiger partial charge in [-0.2, -0.15) is 5.10 Å². The molecule has 0 radical (unpaired) electrons. The third-order valence-corrected chi connectivity index (χ3v) is 7.21. The topological polar surface area (TPSA) is 53.7 Å². The van der Waals surface area contributed by atoms with Gasteiger partial charge in [0, 0.05) is 43.5 Å². The third-order valence-electron chi connectivity index (χ3n) is 7.21. The van der Waals surface area contributed by atoms with Crippen molar-refractivity contribution >= 4 is 11.6 Å². The molecule has 33 heavy (non-hydrogen) atoms. The Bertz CT molecular complexity index is 1170. The summed E-state index contributed by atoms with van der Waals surface area (Å²) in [6.45, 7) is 7.58. The van der Waals surface area contributed by atoms with E-state index in [1.54, 1.807) is 12.1 Å². The van der Waals surface area contributed by atoms with Crippen LogP contribution in [0.15, 0.2) is 30.3 Å². The lowest BCUT2D eigenvalue weighted by Crippen LogP contribution is -2.28. The molecule has 1 aromatic carbocycles. The lowest BCUT2D eigenvalue weighted by Gasteiger charge is -2.23. The van der Waals surface area contributed by atoms with Gasteiger partial charge in [-0.3, -0.25) is 9.69 Å². The van der Waals surface area contributed by atoms with E-state index in [0.717, 1.165) is 79.2 Å². The summed E-state index contributed by atoms with van der Waals surface area (Å²) in [5.74, 6) is 0.0496. The lowest BCUT2D eigenvalue weighted by atomic mass is 10.1. The summed E-state index contributed by atoms with van der Waals surface area (Å²) in [6, 6.07) is 9.15. The first kappa shape index (κ1) is 22.0. The molecule has 174 valence electrons. The lowest BCUT2D eigenvalue weighted by molar-refractivity contribution is -0.130. The van der Waals surface area contributed by atoms with Crippen LogP contribution in [-0.2, 0) is 17.8 Å². The maximum atomic E-state index is 13.7. The maximum Gasteiger partial charge on any atom is 0.222 e. The van der Waals surface area contributed by atoms with Gasteiger partial charge < -0.3 is 4.90 Å². The standard InChI is InChI=1S/C26H32FN5O/c1-18-22(10-11-26(33)30-12-3-4-13-30)19(2)32-25(28-18)16-23(29-32)24-9-6-14-31(24)17-20-7-5-8-21(27)15-20/h5,7-8,15-16,24H,3-4,6,9-14,17H2,1-2H3. The summed E-state index contributed by atoms with van der Waals surface area (Å²) < 4.78 is 15.6. The zero-order valence-corrected chi connectivity index (χ0v) is 19.6. The molecule has 0 N–H and O–H groups in total. The fourth-order valence-corrected chi connectivity index (χ4v) is 5.45. The summed E-state index contributed by atoms with van der Waals surface area (Å²) in [6.07, 6.45) is 5.58. The molecule has 2 saturated heterocycles. The number of halogens is 1. The number of carbonyl (C=O) groups is 1. The van der Waals surface area contributed by atoms with Gasteiger partial charge in [-0.05, 0) is 75.8 Å². The van der Waals surface area contributed by atoms with Crippen molar-refractivity contribution < 1.29 is 9.18 Å². The molecule has 0 saturated carbocycles. The number of likely N-dealkylation sites (tertiary alicyclic amines) is 2. The zero-order chi connectivity index (χ0) is 22.9. The van der Waals surface area contributed by atoms with Crippen LogP contribution in [0, 0.1) is 19.7 Å². The molecule has 5 rings (SSSR count). The van der Waals surface area contributed by atoms with Gasteiger partial charge in [0.15, 0.2) is 5.65 Å². The second-order valence-electron chi connectivity index (χ2n) is 9.45. The number of aromatic nitrogens is 3. The van der Waals surface area contributed by atoms with E-state index >= 15 is 0 Å². The van der Waals surface area contributed by atoms with E-state index in [1.807, 2.05) is 22.4 Å². The average Bonchev–Trinajstić information content (AvgIpc) is 3.54. The van der Waals surface area contributed by atoms with Gasteiger partial charge in [-0.1, -0.05) is 12.1 Å². The number of fused-ring (bicyclic) bond motifs is 1. The van der Waals surface area contributed by atoms with Gasteiger partial charge in [0.05, 0.1) is 11.7 Å². The monoisotopic (exact) mass is 449 g/mol. The molecule has 2 aliphatic rings. The molecule has 6 nitrogen and oxygen atoms in total. The van der Waals surface area contributed by atoms with Gasteiger partial charge in [-0.15, -0.1) is 0 Å². The van der Waals surface area contributed by atoms with Crippen molar-refractivity contribution in [3.05, 3.63) is 64.4 Å². The zero-order valence-electron chi connectivity index (χ0n) is 19.6. The smallest absolute Gasteiger partial charge is 0.222 e. The van der Waals surface area contributed by atoms with Crippen molar-refractivity contribution in [1.29, 1.82) is 0 Å². The fraction of sp³-hybridized carbons (Fsp3) is 0.500. The Balaban J connectivity index is 1.36. The highest BCUT2D eigenvalue weighted by Gasteiger charge is 2.29. The number of nitrogens with zero attached hydrogens (tertiary/aromatic N) is 5. The minimum absolute atomic E-state index is 0.193. The normalized spacial score (nSPS) is 19.1. The summed E-state index contributed by atoms with van der Waals surface area (Å²) in [7, 11) is 0. The summed E-state index contributed by atoms with van der Waals surface area (Å²) in [5, 5.41) is 4.95. The Morgan fingerprint density at radius 2 is 1.94 bits per heavy atom. The second-order valence-corrected chi connectivity index (χ2v) is 9.45. The predicted molar refractivity (Wildman–Crippen MR) is 125 cm³/mol. The van der Waals surface area contributed by atoms with Gasteiger partial charge in [0.25, 0.3) is 0 Å². The Morgan fingerprint density at radius 3 is 2.73 bits per heavy atom. The van der Waals surface area contributed by atoms with Crippen LogP contribution in [0.1, 0.15) is 66.4 Å². The minimum Gasteiger partial charge on any atom is -0.343 e. The van der Waals surface area contributed by atoms with E-state index in [9.17, 15) is 9.18 Å². The average molecular weight is 450 g/mol. The Kier molecular flexibility index (Phi) is 6.15. The van der Waals surface area contributed by atoms with Crippen LogP contribution >= 0.6 is 0 Å². The number of aryl methyl sites for hydroxylation is 2. The molecule has 0 bridgehead atoms. The van der Waals surface area contributed by atoms with Crippen LogP contribution in [0.2, 0.25) is 0 Å². The SMILES string of the molecule is Cc1nc2cc(C3CCCN3Cc3cccc(F)c3)nn2c(C)c1CCC(=O)N1CCCC1. The number of rotatable bonds is 6. The van der Waals surface area contributed by atoms with E-state index in [2.05, 4.69) is 17.9 Å². The first-order valence-corrected chi connectivity index (χ1v) is 12.1. The van der Waals surface area contributed by atoms with Crippen LogP contribution in [-0.4, -0.2) is 49.9 Å². The highest BCUT2D eigenvalue weighted by molar-refractivity contribution is 5.76. The first-order valence-electron chi connectivity index (χ1n) is 12.1. The molecule has 1 amide bonds. The number of benzene rings is 1. The highest BCUT2D eigenvalue weighted by atomic mass is 19.1. The minimum atomic E-state index is -0.193. The van der Waals surface area contributed by atoms with Crippen molar-refractivity contribution in [3.63, 3.8) is 0 Å². The van der Waals surface area contributed by atoms with Crippen LogP contribution < -0.4 is 0 Å². The van der Waals surface area contributed by atoms with Gasteiger partial charge in [0.1, 0.15) is 5.82 Å². The molecule has 0 spiro atoms. The van der Waals surface area contributed by atoms with E-state index in [0.29, 0.717) is 19.4 Å². The first-order chi connectivity index (χ1) is 16.0. The van der Waals surface area contributed by atoms with Crippen molar-refractivity contribution in [3.8, 4) is 0 Å². The molecule has 1 atom stereocenters. The molecule has 7 heteroatoms. The van der Waals surface area contributed by atoms with E-state index in [1.165, 1.54) is 6.07 Å². The molecule has 2 aliphatic heterocycles. The van der Waals surface area contributed by atoms with Gasteiger partial charge >= 0.3 is 0 Å². The van der Waals surface area contributed by atoms with Gasteiger partial charge in [-0.25, -0.2) is 13.9 Å². The van der Waals surface area contributed by atoms with Crippen LogP contribution in [0.4, 0.5) is 4.39 Å². The fourth-order valence-electron chi connectivity index (χ4n) is 5.45. The van der Waals surface area contributed by atoms with Crippen molar-refractivity contribution in [2.24, 2.45) is 0 Å². The molecule has 1 unspecified atom stereocenters. The predicted octanol–water partition coefficient (Wildman–Crippen LogP) is 4.38. The maximum absolute atomic E-state index is 13.7. The molecule has 2 fully saturated rings. The summed E-state index contributed by atoms with van der Waals surface area (Å²) in [4.78, 5) is 21.7. The Labute approximate surface area is 194 Å². The van der Waals surface area contributed by atoms with Crippen LogP contribution in [0.3, 0.4) is 0 Å². The van der Waals surface area contributed by atoms with Gasteiger partial charge in [0.2, 0.25) is 5.91 Å². The van der Waals surface area contributed by atoms with Crippen LogP contribution in [0.25, 0.3) is 5.65 Å². The molecule has 3 aromatic rings.